The van der Waals surface area contributed by atoms with Crippen LogP contribution in [0.25, 0.3) is 0 Å². The molecular weight excluding hydrogens is 374 g/mol. The van der Waals surface area contributed by atoms with E-state index in [1.807, 2.05) is 0 Å². The number of hydrogen-bond donors (Lipinski definition) is 1. The summed E-state index contributed by atoms with van der Waals surface area (Å²) >= 11 is 5.78. The molecule has 0 aromatic heterocycles. The van der Waals surface area contributed by atoms with Crippen molar-refractivity contribution in [3.05, 3.63) is 57.9 Å². The van der Waals surface area contributed by atoms with E-state index >= 15 is 0 Å². The Morgan fingerprint density at radius 3 is 2.62 bits per heavy atom. The van der Waals surface area contributed by atoms with Gasteiger partial charge < -0.3 is 10.5 Å². The van der Waals surface area contributed by atoms with E-state index in [0.717, 1.165) is 24.0 Å². The van der Waals surface area contributed by atoms with Crippen LogP contribution in [0.1, 0.15) is 35.4 Å². The number of ether oxygens (including phenoxy) is 1. The van der Waals surface area contributed by atoms with Crippen LogP contribution in [0.15, 0.2) is 30.3 Å². The van der Waals surface area contributed by atoms with E-state index in [1.165, 1.54) is 0 Å². The minimum atomic E-state index is -4.71. The highest BCUT2D eigenvalue weighted by molar-refractivity contribution is 6.32. The minimum absolute atomic E-state index is 0.0565. The molecule has 2 aromatic carbocycles. The van der Waals surface area contributed by atoms with Gasteiger partial charge in [-0.2, -0.15) is 13.2 Å². The summed E-state index contributed by atoms with van der Waals surface area (Å²) in [5.41, 5.74) is 5.95. The molecule has 0 fully saturated rings. The molecular formula is C18H14ClF4NO2. The van der Waals surface area contributed by atoms with E-state index in [2.05, 4.69) is 0 Å². The number of nitrogens with two attached hydrogens (primary N) is 1. The summed E-state index contributed by atoms with van der Waals surface area (Å²) in [5, 5.41) is -0.480. The monoisotopic (exact) mass is 387 g/mol. The lowest BCUT2D eigenvalue weighted by atomic mass is 9.97. The molecule has 138 valence electrons. The standard InChI is InChI=1S/C18H14ClF4NO2/c19-14-6-11(18(21,22)23)7-15(20)17(14)26-12-4-3-9-1-2-10(5-16(24)25)13(9)8-12/h3-4,6-8,10H,1-2,5H2,(H2,24,25). The highest BCUT2D eigenvalue weighted by Crippen LogP contribution is 2.41. The summed E-state index contributed by atoms with van der Waals surface area (Å²) in [6.07, 6.45) is -2.98. The molecule has 1 amide bonds. The van der Waals surface area contributed by atoms with Crippen molar-refractivity contribution < 1.29 is 27.1 Å². The van der Waals surface area contributed by atoms with E-state index in [0.29, 0.717) is 12.1 Å². The van der Waals surface area contributed by atoms with Gasteiger partial charge in [0.15, 0.2) is 11.6 Å². The second-order valence-electron chi connectivity index (χ2n) is 6.14. The molecule has 2 N–H and O–H groups in total. The van der Waals surface area contributed by atoms with E-state index in [9.17, 15) is 22.4 Å². The van der Waals surface area contributed by atoms with Crippen LogP contribution < -0.4 is 10.5 Å². The number of rotatable bonds is 4. The van der Waals surface area contributed by atoms with E-state index < -0.39 is 34.2 Å². The first-order valence-corrected chi connectivity index (χ1v) is 8.18. The Labute approximate surface area is 151 Å². The molecule has 1 aliphatic rings. The zero-order chi connectivity index (χ0) is 19.1. The lowest BCUT2D eigenvalue weighted by Gasteiger charge is -2.14. The van der Waals surface area contributed by atoms with Crippen LogP contribution in [0, 0.1) is 5.82 Å². The molecule has 0 heterocycles. The van der Waals surface area contributed by atoms with Crippen LogP contribution in [0.5, 0.6) is 11.5 Å². The van der Waals surface area contributed by atoms with Gasteiger partial charge in [-0.25, -0.2) is 4.39 Å². The van der Waals surface area contributed by atoms with Gasteiger partial charge in [-0.1, -0.05) is 17.7 Å². The average molecular weight is 388 g/mol. The van der Waals surface area contributed by atoms with Crippen molar-refractivity contribution in [2.45, 2.75) is 31.4 Å². The van der Waals surface area contributed by atoms with Crippen molar-refractivity contribution in [2.75, 3.05) is 0 Å². The first-order chi connectivity index (χ1) is 12.1. The Bertz CT molecular complexity index is 844. The molecule has 0 spiro atoms. The number of primary amides is 1. The predicted octanol–water partition coefficient (Wildman–Crippen LogP) is 5.20. The van der Waals surface area contributed by atoms with Gasteiger partial charge in [0, 0.05) is 6.42 Å². The molecule has 0 bridgehead atoms. The number of hydrogen-bond acceptors (Lipinski definition) is 2. The van der Waals surface area contributed by atoms with Crippen LogP contribution in [0.4, 0.5) is 17.6 Å². The zero-order valence-electron chi connectivity index (χ0n) is 13.4. The van der Waals surface area contributed by atoms with Gasteiger partial charge in [0.1, 0.15) is 5.75 Å². The van der Waals surface area contributed by atoms with E-state index in [1.54, 1.807) is 18.2 Å². The van der Waals surface area contributed by atoms with Crippen molar-refractivity contribution in [1.82, 2.24) is 0 Å². The summed E-state index contributed by atoms with van der Waals surface area (Å²) in [6.45, 7) is 0. The van der Waals surface area contributed by atoms with Gasteiger partial charge in [-0.3, -0.25) is 4.79 Å². The van der Waals surface area contributed by atoms with Gasteiger partial charge in [0.05, 0.1) is 10.6 Å². The quantitative estimate of drug-likeness (QED) is 0.733. The fourth-order valence-electron chi connectivity index (χ4n) is 3.12. The summed E-state index contributed by atoms with van der Waals surface area (Å²) in [6, 6.07) is 5.96. The minimum Gasteiger partial charge on any atom is -0.453 e. The molecule has 0 aliphatic heterocycles. The number of carbonyl (C=O) groups is 1. The molecule has 1 aliphatic carbocycles. The van der Waals surface area contributed by atoms with Crippen molar-refractivity contribution in [2.24, 2.45) is 5.73 Å². The second kappa shape index (κ2) is 6.79. The Balaban J connectivity index is 1.90. The third kappa shape index (κ3) is 3.77. The third-order valence-electron chi connectivity index (χ3n) is 4.31. The SMILES string of the molecule is NC(=O)CC1CCc2ccc(Oc3c(F)cc(C(F)(F)F)cc3Cl)cc21. The maximum Gasteiger partial charge on any atom is 0.416 e. The molecule has 1 unspecified atom stereocenters. The molecule has 3 nitrogen and oxygen atoms in total. The lowest BCUT2D eigenvalue weighted by molar-refractivity contribution is -0.137. The van der Waals surface area contributed by atoms with Gasteiger partial charge in [0.2, 0.25) is 5.91 Å². The Morgan fingerprint density at radius 2 is 2.00 bits per heavy atom. The molecule has 26 heavy (non-hydrogen) atoms. The summed E-state index contributed by atoms with van der Waals surface area (Å²) in [4.78, 5) is 11.2. The van der Waals surface area contributed by atoms with Gasteiger partial charge in [0.25, 0.3) is 0 Å². The number of carbonyl (C=O) groups excluding carboxylic acids is 1. The van der Waals surface area contributed by atoms with E-state index in [4.69, 9.17) is 22.1 Å². The summed E-state index contributed by atoms with van der Waals surface area (Å²) in [5.74, 6) is -1.95. The number of halogens is 5. The number of alkyl halides is 3. The lowest BCUT2D eigenvalue weighted by Crippen LogP contribution is -2.14. The topological polar surface area (TPSA) is 52.3 Å². The van der Waals surface area contributed by atoms with Crippen molar-refractivity contribution in [1.29, 1.82) is 0 Å². The Morgan fingerprint density at radius 1 is 1.27 bits per heavy atom. The maximum absolute atomic E-state index is 14.1. The second-order valence-corrected chi connectivity index (χ2v) is 6.54. The first-order valence-electron chi connectivity index (χ1n) is 7.80. The number of amides is 1. The number of fused-ring (bicyclic) bond motifs is 1. The normalized spacial score (nSPS) is 16.4. The van der Waals surface area contributed by atoms with E-state index in [-0.39, 0.29) is 18.1 Å². The average Bonchev–Trinajstić information content (AvgIpc) is 2.91. The van der Waals surface area contributed by atoms with Gasteiger partial charge >= 0.3 is 6.18 Å². The van der Waals surface area contributed by atoms with Crippen molar-refractivity contribution in [3.8, 4) is 11.5 Å². The number of benzene rings is 2. The Kier molecular flexibility index (Phi) is 4.84. The van der Waals surface area contributed by atoms with Crippen LogP contribution in [-0.4, -0.2) is 5.91 Å². The molecule has 3 rings (SSSR count). The molecule has 2 aromatic rings. The first kappa shape index (κ1) is 18.5. The maximum atomic E-state index is 14.1. The Hall–Kier alpha value is -2.28. The van der Waals surface area contributed by atoms with Crippen LogP contribution in [0.2, 0.25) is 5.02 Å². The van der Waals surface area contributed by atoms with Crippen molar-refractivity contribution >= 4 is 17.5 Å². The third-order valence-corrected chi connectivity index (χ3v) is 4.59. The molecule has 1 atom stereocenters. The fraction of sp³-hybridized carbons (Fsp3) is 0.278. The highest BCUT2D eigenvalue weighted by atomic mass is 35.5. The largest absolute Gasteiger partial charge is 0.453 e. The molecule has 0 saturated heterocycles. The fourth-order valence-corrected chi connectivity index (χ4v) is 3.37. The molecule has 8 heteroatoms. The highest BCUT2D eigenvalue weighted by Gasteiger charge is 2.33. The summed E-state index contributed by atoms with van der Waals surface area (Å²) in [7, 11) is 0. The van der Waals surface area contributed by atoms with Crippen LogP contribution in [-0.2, 0) is 17.4 Å². The summed E-state index contributed by atoms with van der Waals surface area (Å²) < 4.78 is 57.6. The van der Waals surface area contributed by atoms with Gasteiger partial charge in [-0.15, -0.1) is 0 Å². The zero-order valence-corrected chi connectivity index (χ0v) is 14.1. The molecule has 0 saturated carbocycles. The molecule has 0 radical (unpaired) electrons. The van der Waals surface area contributed by atoms with Crippen LogP contribution in [0.3, 0.4) is 0 Å². The van der Waals surface area contributed by atoms with Gasteiger partial charge in [-0.05, 0) is 54.2 Å². The van der Waals surface area contributed by atoms with Crippen molar-refractivity contribution in [3.63, 3.8) is 0 Å². The predicted molar refractivity (Wildman–Crippen MR) is 87.8 cm³/mol. The number of aryl methyl sites for hydroxylation is 1. The van der Waals surface area contributed by atoms with Crippen LogP contribution >= 0.6 is 11.6 Å². The smallest absolute Gasteiger partial charge is 0.416 e.